The number of aliphatic imine (C=N–C) groups is 2. The number of benzene rings is 2. The lowest BCUT2D eigenvalue weighted by Gasteiger charge is -2.45. The van der Waals surface area contributed by atoms with Crippen LogP contribution in [0.25, 0.3) is 0 Å². The monoisotopic (exact) mass is 496 g/mol. The van der Waals surface area contributed by atoms with Crippen LogP contribution in [0.5, 0.6) is 11.5 Å². The van der Waals surface area contributed by atoms with Crippen LogP contribution in [-0.2, 0) is 16.2 Å². The second-order valence-electron chi connectivity index (χ2n) is 8.12. The summed E-state index contributed by atoms with van der Waals surface area (Å²) in [7, 11) is -3.95. The first-order valence-electron chi connectivity index (χ1n) is 10.4. The maximum Gasteiger partial charge on any atom is 0.420 e. The number of guanidine groups is 2. The Labute approximate surface area is 194 Å². The second-order valence-corrected chi connectivity index (χ2v) is 9.68. The molecule has 1 aliphatic carbocycles. The standard InChI is InChI=1S/C21H23F3N6O3S/c22-21(23,24)16-12-13(30-19(26)28-18(25)29-20(30)10-2-1-3-11-20)4-9-17(16)33-14-5-7-15(8-6-14)34(27,31)32/h4-9,12H,1-3,10-11H2,(H2,27,31,32)(H4,25,26,28,29). The summed E-state index contributed by atoms with van der Waals surface area (Å²) in [4.78, 5) is 9.76. The molecule has 6 N–H and O–H groups in total. The number of ether oxygens (including phenoxy) is 1. The van der Waals surface area contributed by atoms with E-state index in [1.54, 1.807) is 0 Å². The van der Waals surface area contributed by atoms with E-state index in [1.807, 2.05) is 0 Å². The van der Waals surface area contributed by atoms with E-state index in [0.29, 0.717) is 12.8 Å². The lowest BCUT2D eigenvalue weighted by atomic mass is 9.87. The van der Waals surface area contributed by atoms with Crippen molar-refractivity contribution in [2.24, 2.45) is 26.6 Å². The van der Waals surface area contributed by atoms with Crippen molar-refractivity contribution >= 4 is 27.6 Å². The van der Waals surface area contributed by atoms with Gasteiger partial charge in [-0.25, -0.2) is 18.5 Å². The molecule has 0 atom stereocenters. The summed E-state index contributed by atoms with van der Waals surface area (Å²) in [6, 6.07) is 8.29. The molecule has 1 fully saturated rings. The fraction of sp³-hybridized carbons (Fsp3) is 0.333. The maximum atomic E-state index is 14.0. The zero-order chi connectivity index (χ0) is 24.7. The van der Waals surface area contributed by atoms with Crippen LogP contribution in [0.2, 0.25) is 0 Å². The quantitative estimate of drug-likeness (QED) is 0.591. The fourth-order valence-electron chi connectivity index (χ4n) is 4.29. The maximum absolute atomic E-state index is 14.0. The highest BCUT2D eigenvalue weighted by Crippen LogP contribution is 2.44. The Hall–Kier alpha value is -3.32. The van der Waals surface area contributed by atoms with Crippen LogP contribution in [0.1, 0.15) is 37.7 Å². The van der Waals surface area contributed by atoms with Crippen molar-refractivity contribution < 1.29 is 26.3 Å². The Morgan fingerprint density at radius 2 is 1.65 bits per heavy atom. The van der Waals surface area contributed by atoms with E-state index in [-0.39, 0.29) is 28.3 Å². The van der Waals surface area contributed by atoms with Gasteiger partial charge in [0.25, 0.3) is 0 Å². The van der Waals surface area contributed by atoms with Crippen LogP contribution < -0.4 is 26.2 Å². The van der Waals surface area contributed by atoms with E-state index in [2.05, 4.69) is 9.98 Å². The highest BCUT2D eigenvalue weighted by molar-refractivity contribution is 7.89. The molecular formula is C21H23F3N6O3S. The molecule has 1 aliphatic heterocycles. The third-order valence-electron chi connectivity index (χ3n) is 5.76. The van der Waals surface area contributed by atoms with Gasteiger partial charge in [-0.3, -0.25) is 4.90 Å². The number of nitrogens with zero attached hydrogens (tertiary/aromatic N) is 3. The van der Waals surface area contributed by atoms with Gasteiger partial charge in [-0.05, 0) is 68.1 Å². The van der Waals surface area contributed by atoms with Crippen molar-refractivity contribution in [3.05, 3.63) is 48.0 Å². The lowest BCUT2D eigenvalue weighted by molar-refractivity contribution is -0.138. The molecule has 0 aromatic heterocycles. The summed E-state index contributed by atoms with van der Waals surface area (Å²) < 4.78 is 70.3. The lowest BCUT2D eigenvalue weighted by Crippen LogP contribution is -2.58. The minimum absolute atomic E-state index is 0.00501. The van der Waals surface area contributed by atoms with Crippen LogP contribution >= 0.6 is 0 Å². The van der Waals surface area contributed by atoms with E-state index < -0.39 is 33.2 Å². The summed E-state index contributed by atoms with van der Waals surface area (Å²) in [5.74, 6) is -0.497. The average molecular weight is 497 g/mol. The van der Waals surface area contributed by atoms with Gasteiger partial charge in [0, 0.05) is 5.69 Å². The summed E-state index contributed by atoms with van der Waals surface area (Å²) in [5, 5.41) is 5.05. The number of hydrogen-bond acceptors (Lipinski definition) is 8. The number of hydrogen-bond donors (Lipinski definition) is 3. The van der Waals surface area contributed by atoms with Crippen LogP contribution in [0, 0.1) is 0 Å². The average Bonchev–Trinajstić information content (AvgIpc) is 2.73. The van der Waals surface area contributed by atoms with Gasteiger partial charge in [-0.15, -0.1) is 0 Å². The highest BCUT2D eigenvalue weighted by Gasteiger charge is 2.44. The Morgan fingerprint density at radius 1 is 1.00 bits per heavy atom. The SMILES string of the molecule is NC1=NC2(CCCCC2)N(c2ccc(Oc3ccc(S(N)(=O)=O)cc3)c(C(F)(F)F)c2)C(N)=N1. The first kappa shape index (κ1) is 23.8. The molecule has 0 bridgehead atoms. The van der Waals surface area contributed by atoms with Crippen LogP contribution in [-0.4, -0.2) is 26.0 Å². The van der Waals surface area contributed by atoms with Crippen LogP contribution in [0.4, 0.5) is 18.9 Å². The van der Waals surface area contributed by atoms with Crippen molar-refractivity contribution in [1.29, 1.82) is 0 Å². The smallest absolute Gasteiger partial charge is 0.420 e. The van der Waals surface area contributed by atoms with Crippen molar-refractivity contribution in [2.45, 2.75) is 48.8 Å². The molecule has 2 aliphatic rings. The number of nitrogens with two attached hydrogens (primary N) is 3. The third kappa shape index (κ3) is 4.66. The predicted octanol–water partition coefficient (Wildman–Crippen LogP) is 3.25. The molecule has 0 radical (unpaired) electrons. The van der Waals surface area contributed by atoms with E-state index >= 15 is 0 Å². The third-order valence-corrected chi connectivity index (χ3v) is 6.69. The first-order valence-corrected chi connectivity index (χ1v) is 12.0. The number of primary sulfonamides is 1. The molecule has 9 nitrogen and oxygen atoms in total. The molecular weight excluding hydrogens is 473 g/mol. The van der Waals surface area contributed by atoms with Crippen molar-refractivity contribution in [2.75, 3.05) is 4.90 Å². The number of sulfonamides is 1. The summed E-state index contributed by atoms with van der Waals surface area (Å²) in [6.45, 7) is 0. The molecule has 1 spiro atoms. The molecule has 13 heteroatoms. The zero-order valence-electron chi connectivity index (χ0n) is 17.9. The molecule has 0 amide bonds. The molecule has 1 heterocycles. The molecule has 2 aromatic rings. The molecule has 34 heavy (non-hydrogen) atoms. The minimum atomic E-state index is -4.75. The zero-order valence-corrected chi connectivity index (χ0v) is 18.7. The van der Waals surface area contributed by atoms with E-state index in [4.69, 9.17) is 21.3 Å². The van der Waals surface area contributed by atoms with Gasteiger partial charge in [0.05, 0.1) is 4.90 Å². The molecule has 1 saturated carbocycles. The summed E-state index contributed by atoms with van der Waals surface area (Å²) in [5.41, 5.74) is 10.2. The normalized spacial score (nSPS) is 18.4. The van der Waals surface area contributed by atoms with Gasteiger partial charge in [0.2, 0.25) is 21.9 Å². The Balaban J connectivity index is 1.73. The van der Waals surface area contributed by atoms with Crippen LogP contribution in [0.15, 0.2) is 57.3 Å². The topological polar surface area (TPSA) is 149 Å². The number of rotatable bonds is 4. The molecule has 2 aromatic carbocycles. The molecule has 0 unspecified atom stereocenters. The largest absolute Gasteiger partial charge is 0.457 e. The Kier molecular flexibility index (Phi) is 5.94. The van der Waals surface area contributed by atoms with Gasteiger partial charge < -0.3 is 16.2 Å². The molecule has 182 valence electrons. The predicted molar refractivity (Wildman–Crippen MR) is 121 cm³/mol. The fourth-order valence-corrected chi connectivity index (χ4v) is 4.80. The number of anilines is 1. The van der Waals surface area contributed by atoms with Gasteiger partial charge in [-0.2, -0.15) is 18.2 Å². The number of halogens is 3. The summed E-state index contributed by atoms with van der Waals surface area (Å²) >= 11 is 0. The van der Waals surface area contributed by atoms with Gasteiger partial charge >= 0.3 is 6.18 Å². The summed E-state index contributed by atoms with van der Waals surface area (Å²) in [6.07, 6.45) is -0.993. The molecule has 4 rings (SSSR count). The van der Waals surface area contributed by atoms with Gasteiger partial charge in [0.1, 0.15) is 22.7 Å². The molecule has 0 saturated heterocycles. The van der Waals surface area contributed by atoms with E-state index in [1.165, 1.54) is 29.2 Å². The van der Waals surface area contributed by atoms with Crippen molar-refractivity contribution in [1.82, 2.24) is 0 Å². The van der Waals surface area contributed by atoms with Gasteiger partial charge in [0.15, 0.2) is 0 Å². The van der Waals surface area contributed by atoms with Gasteiger partial charge in [-0.1, -0.05) is 6.42 Å². The first-order chi connectivity index (χ1) is 15.9. The number of alkyl halides is 3. The van der Waals surface area contributed by atoms with E-state index in [0.717, 1.165) is 37.5 Å². The van der Waals surface area contributed by atoms with Crippen molar-refractivity contribution in [3.8, 4) is 11.5 Å². The highest BCUT2D eigenvalue weighted by atomic mass is 32.2. The Morgan fingerprint density at radius 3 is 2.24 bits per heavy atom. The van der Waals surface area contributed by atoms with Crippen LogP contribution in [0.3, 0.4) is 0 Å². The van der Waals surface area contributed by atoms with Crippen molar-refractivity contribution in [3.63, 3.8) is 0 Å². The second kappa shape index (κ2) is 8.47. The Bertz CT molecular complexity index is 1250. The van der Waals surface area contributed by atoms with E-state index in [9.17, 15) is 21.6 Å². The minimum Gasteiger partial charge on any atom is -0.457 e.